The van der Waals surface area contributed by atoms with Crippen LogP contribution in [0.25, 0.3) is 0 Å². The molecule has 1 aliphatic rings. The van der Waals surface area contributed by atoms with E-state index in [0.717, 1.165) is 16.8 Å². The lowest BCUT2D eigenvalue weighted by atomic mass is 10.1. The molecular formula is C19H20N2O3. The molecule has 0 fully saturated rings. The molecule has 0 saturated carbocycles. The van der Waals surface area contributed by atoms with Gasteiger partial charge in [0, 0.05) is 12.7 Å². The molecule has 0 spiro atoms. The Bertz CT molecular complexity index is 801. The first-order valence-corrected chi connectivity index (χ1v) is 7.86. The zero-order valence-electron chi connectivity index (χ0n) is 14.0. The van der Waals surface area contributed by atoms with Gasteiger partial charge in [0.1, 0.15) is 5.75 Å². The van der Waals surface area contributed by atoms with E-state index < -0.39 is 6.10 Å². The van der Waals surface area contributed by atoms with Crippen molar-refractivity contribution >= 4 is 23.2 Å². The Morgan fingerprint density at radius 3 is 2.67 bits per heavy atom. The van der Waals surface area contributed by atoms with Gasteiger partial charge in [-0.3, -0.25) is 9.59 Å². The van der Waals surface area contributed by atoms with E-state index in [-0.39, 0.29) is 18.2 Å². The minimum Gasteiger partial charge on any atom is -0.478 e. The van der Waals surface area contributed by atoms with Crippen LogP contribution in [0.2, 0.25) is 0 Å². The molecule has 124 valence electrons. The highest BCUT2D eigenvalue weighted by atomic mass is 16.5. The number of likely N-dealkylation sites (N-methyl/N-ethyl adjacent to an activating group) is 1. The van der Waals surface area contributed by atoms with Gasteiger partial charge in [-0.05, 0) is 49.2 Å². The molecule has 3 rings (SSSR count). The number of para-hydroxylation sites is 2. The van der Waals surface area contributed by atoms with Gasteiger partial charge in [0.05, 0.1) is 12.1 Å². The smallest absolute Gasteiger partial charge is 0.268 e. The molecule has 5 nitrogen and oxygen atoms in total. The summed E-state index contributed by atoms with van der Waals surface area (Å²) in [6, 6.07) is 13.0. The van der Waals surface area contributed by atoms with E-state index in [1.807, 2.05) is 50.2 Å². The quantitative estimate of drug-likeness (QED) is 0.944. The number of ether oxygens (including phenoxy) is 1. The fraction of sp³-hybridized carbons (Fsp3) is 0.263. The molecule has 1 aliphatic heterocycles. The van der Waals surface area contributed by atoms with Gasteiger partial charge >= 0.3 is 0 Å². The molecule has 0 saturated heterocycles. The lowest BCUT2D eigenvalue weighted by molar-refractivity contribution is -0.130. The molecular weight excluding hydrogens is 304 g/mol. The summed E-state index contributed by atoms with van der Waals surface area (Å²) in [5.41, 5.74) is 3.71. The van der Waals surface area contributed by atoms with Crippen molar-refractivity contribution in [1.29, 1.82) is 0 Å². The minimum atomic E-state index is -0.809. The van der Waals surface area contributed by atoms with E-state index in [1.165, 1.54) is 4.90 Å². The average molecular weight is 324 g/mol. The van der Waals surface area contributed by atoms with Crippen LogP contribution in [0, 0.1) is 13.8 Å². The Morgan fingerprint density at radius 1 is 1.17 bits per heavy atom. The van der Waals surface area contributed by atoms with E-state index in [9.17, 15) is 9.59 Å². The van der Waals surface area contributed by atoms with E-state index >= 15 is 0 Å². The summed E-state index contributed by atoms with van der Waals surface area (Å²) >= 11 is 0. The van der Waals surface area contributed by atoms with Crippen LogP contribution in [-0.2, 0) is 9.59 Å². The Hall–Kier alpha value is -2.82. The first-order valence-electron chi connectivity index (χ1n) is 7.86. The highest BCUT2D eigenvalue weighted by molar-refractivity contribution is 6.03. The Balaban J connectivity index is 1.70. The molecule has 1 heterocycles. The van der Waals surface area contributed by atoms with Crippen molar-refractivity contribution in [1.82, 2.24) is 0 Å². The molecule has 2 aromatic rings. The normalized spacial score (nSPS) is 16.4. The first kappa shape index (κ1) is 16.1. The number of hydrogen-bond acceptors (Lipinski definition) is 3. The van der Waals surface area contributed by atoms with Gasteiger partial charge < -0.3 is 15.0 Å². The lowest BCUT2D eigenvalue weighted by Gasteiger charge is -2.31. The largest absolute Gasteiger partial charge is 0.478 e. The maximum absolute atomic E-state index is 12.4. The number of hydrogen-bond donors (Lipinski definition) is 1. The van der Waals surface area contributed by atoms with Crippen molar-refractivity contribution in [2.24, 2.45) is 0 Å². The number of carbonyl (C=O) groups is 2. The zero-order valence-corrected chi connectivity index (χ0v) is 14.0. The second kappa shape index (κ2) is 6.35. The highest BCUT2D eigenvalue weighted by Crippen LogP contribution is 2.33. The molecule has 1 unspecified atom stereocenters. The van der Waals surface area contributed by atoms with Gasteiger partial charge in [0.25, 0.3) is 5.91 Å². The molecule has 0 radical (unpaired) electrons. The maximum atomic E-state index is 12.4. The molecule has 2 aromatic carbocycles. The summed E-state index contributed by atoms with van der Waals surface area (Å²) < 4.78 is 5.71. The first-order chi connectivity index (χ1) is 11.5. The fourth-order valence-electron chi connectivity index (χ4n) is 2.70. The Morgan fingerprint density at radius 2 is 1.92 bits per heavy atom. The third-order valence-corrected chi connectivity index (χ3v) is 4.26. The summed E-state index contributed by atoms with van der Waals surface area (Å²) in [5, 5.41) is 2.83. The summed E-state index contributed by atoms with van der Waals surface area (Å²) in [5.74, 6) is 0.150. The second-order valence-corrected chi connectivity index (χ2v) is 6.02. The van der Waals surface area contributed by atoms with E-state index in [0.29, 0.717) is 11.4 Å². The average Bonchev–Trinajstić information content (AvgIpc) is 2.56. The fourth-order valence-corrected chi connectivity index (χ4v) is 2.70. The van der Waals surface area contributed by atoms with Crippen molar-refractivity contribution in [3.8, 4) is 5.75 Å². The van der Waals surface area contributed by atoms with Crippen LogP contribution in [0.3, 0.4) is 0 Å². The number of amides is 2. The second-order valence-electron chi connectivity index (χ2n) is 6.02. The number of rotatable bonds is 3. The molecule has 0 bridgehead atoms. The molecule has 5 heteroatoms. The van der Waals surface area contributed by atoms with Gasteiger partial charge in [-0.25, -0.2) is 0 Å². The van der Waals surface area contributed by atoms with Crippen LogP contribution in [0.15, 0.2) is 42.5 Å². The summed E-state index contributed by atoms with van der Waals surface area (Å²) in [6.45, 7) is 4.01. The zero-order chi connectivity index (χ0) is 17.3. The van der Waals surface area contributed by atoms with Gasteiger partial charge in [-0.15, -0.1) is 0 Å². The SMILES string of the molecule is Cc1ccc(NC(=O)CC2Oc3ccccc3N(C)C2=O)cc1C. The van der Waals surface area contributed by atoms with Crippen molar-refractivity contribution in [3.63, 3.8) is 0 Å². The van der Waals surface area contributed by atoms with Crippen LogP contribution >= 0.6 is 0 Å². The van der Waals surface area contributed by atoms with E-state index in [2.05, 4.69) is 5.32 Å². The number of benzene rings is 2. The van der Waals surface area contributed by atoms with E-state index in [4.69, 9.17) is 4.74 Å². The molecule has 1 atom stereocenters. The summed E-state index contributed by atoms with van der Waals surface area (Å²) in [6.07, 6.45) is -0.832. The molecule has 24 heavy (non-hydrogen) atoms. The number of aryl methyl sites for hydroxylation is 2. The van der Waals surface area contributed by atoms with Crippen LogP contribution in [-0.4, -0.2) is 25.0 Å². The molecule has 0 aromatic heterocycles. The van der Waals surface area contributed by atoms with Gasteiger partial charge in [-0.1, -0.05) is 18.2 Å². The summed E-state index contributed by atoms with van der Waals surface area (Å²) in [7, 11) is 1.69. The number of nitrogens with zero attached hydrogens (tertiary/aromatic N) is 1. The molecule has 1 N–H and O–H groups in total. The minimum absolute atomic E-state index is 0.0234. The molecule has 0 aliphatic carbocycles. The number of anilines is 2. The Kier molecular flexibility index (Phi) is 4.25. The monoisotopic (exact) mass is 324 g/mol. The van der Waals surface area contributed by atoms with Crippen molar-refractivity contribution in [2.45, 2.75) is 26.4 Å². The van der Waals surface area contributed by atoms with Gasteiger partial charge in [-0.2, -0.15) is 0 Å². The van der Waals surface area contributed by atoms with Crippen LogP contribution in [0.4, 0.5) is 11.4 Å². The lowest BCUT2D eigenvalue weighted by Crippen LogP contribution is -2.45. The predicted molar refractivity (Wildman–Crippen MR) is 93.4 cm³/mol. The topological polar surface area (TPSA) is 58.6 Å². The van der Waals surface area contributed by atoms with Crippen LogP contribution < -0.4 is 15.0 Å². The third kappa shape index (κ3) is 3.11. The maximum Gasteiger partial charge on any atom is 0.268 e. The standard InChI is InChI=1S/C19H20N2O3/c1-12-8-9-14(10-13(12)2)20-18(22)11-17-19(23)21(3)15-6-4-5-7-16(15)24-17/h4-10,17H,11H2,1-3H3,(H,20,22). The number of nitrogens with one attached hydrogen (secondary N) is 1. The van der Waals surface area contributed by atoms with Crippen LogP contribution in [0.5, 0.6) is 5.75 Å². The third-order valence-electron chi connectivity index (χ3n) is 4.26. The van der Waals surface area contributed by atoms with Gasteiger partial charge in [0.15, 0.2) is 6.10 Å². The van der Waals surface area contributed by atoms with Crippen molar-refractivity contribution in [3.05, 3.63) is 53.6 Å². The van der Waals surface area contributed by atoms with Crippen molar-refractivity contribution in [2.75, 3.05) is 17.3 Å². The van der Waals surface area contributed by atoms with E-state index in [1.54, 1.807) is 13.1 Å². The van der Waals surface area contributed by atoms with Crippen LogP contribution in [0.1, 0.15) is 17.5 Å². The van der Waals surface area contributed by atoms with Gasteiger partial charge in [0.2, 0.25) is 5.91 Å². The highest BCUT2D eigenvalue weighted by Gasteiger charge is 2.33. The number of fused-ring (bicyclic) bond motifs is 1. The number of carbonyl (C=O) groups excluding carboxylic acids is 2. The van der Waals surface area contributed by atoms with Crippen molar-refractivity contribution < 1.29 is 14.3 Å². The summed E-state index contributed by atoms with van der Waals surface area (Å²) in [4.78, 5) is 26.2. The predicted octanol–water partition coefficient (Wildman–Crippen LogP) is 3.06. The molecule has 2 amide bonds. The Labute approximate surface area is 141 Å².